The maximum Gasteiger partial charge on any atom is 0.321 e. The predicted octanol–water partition coefficient (Wildman–Crippen LogP) is 3.42. The minimum absolute atomic E-state index is 0.0720. The van der Waals surface area contributed by atoms with Gasteiger partial charge in [0.25, 0.3) is 0 Å². The number of amides is 2. The molecular formula is C22H23N3O3. The molecule has 2 N–H and O–H groups in total. The predicted molar refractivity (Wildman–Crippen MR) is 108 cm³/mol. The highest BCUT2D eigenvalue weighted by atomic mass is 16.7. The molecule has 6 nitrogen and oxygen atoms in total. The fraction of sp³-hybridized carbons (Fsp3) is 0.318. The van der Waals surface area contributed by atoms with Crippen LogP contribution in [0, 0.1) is 0 Å². The van der Waals surface area contributed by atoms with Crippen LogP contribution in [-0.4, -0.2) is 42.9 Å². The lowest BCUT2D eigenvalue weighted by Gasteiger charge is -2.54. The van der Waals surface area contributed by atoms with Gasteiger partial charge in [-0.1, -0.05) is 36.4 Å². The average molecular weight is 377 g/mol. The van der Waals surface area contributed by atoms with E-state index in [4.69, 9.17) is 9.47 Å². The first-order valence-electron chi connectivity index (χ1n) is 9.65. The summed E-state index contributed by atoms with van der Waals surface area (Å²) in [6.45, 7) is 3.66. The van der Waals surface area contributed by atoms with Gasteiger partial charge in [-0.05, 0) is 30.2 Å². The number of piperidine rings is 1. The first-order chi connectivity index (χ1) is 13.7. The molecule has 144 valence electrons. The number of hydrogen-bond donors (Lipinski definition) is 2. The summed E-state index contributed by atoms with van der Waals surface area (Å²) in [4.78, 5) is 14.6. The standard InChI is InChI=1S/C22H23N3O3/c1-2-3-14-4-6-15(7-5-14)21-17-11-25(12-18(21)24-17)22(26)23-16-8-9-19-20(10-16)28-13-27-19/h2-10,17-18,21,24H,11-13H2,1H3,(H,23,26)/b3-2+/t17-,18+,21?. The Bertz CT molecular complexity index is 913. The maximum absolute atomic E-state index is 12.7. The Morgan fingerprint density at radius 1 is 1.11 bits per heavy atom. The van der Waals surface area contributed by atoms with E-state index in [-0.39, 0.29) is 12.8 Å². The molecule has 4 heterocycles. The monoisotopic (exact) mass is 377 g/mol. The third kappa shape index (κ3) is 2.99. The van der Waals surface area contributed by atoms with Crippen molar-refractivity contribution < 1.29 is 14.3 Å². The Labute approximate surface area is 164 Å². The molecule has 2 aromatic rings. The average Bonchev–Trinajstić information content (AvgIpc) is 3.17. The number of nitrogens with zero attached hydrogens (tertiary/aromatic N) is 1. The molecule has 4 aliphatic heterocycles. The number of urea groups is 1. The normalized spacial score (nSPS) is 24.9. The molecule has 6 heteroatoms. The van der Waals surface area contributed by atoms with Crippen molar-refractivity contribution in [2.45, 2.75) is 24.9 Å². The molecule has 28 heavy (non-hydrogen) atoms. The van der Waals surface area contributed by atoms with Crippen LogP contribution in [0.15, 0.2) is 48.5 Å². The number of piperazine rings is 1. The second kappa shape index (κ2) is 6.87. The molecule has 6 rings (SSSR count). The van der Waals surface area contributed by atoms with Crippen molar-refractivity contribution >= 4 is 17.8 Å². The molecule has 3 saturated heterocycles. The summed E-state index contributed by atoms with van der Waals surface area (Å²) in [7, 11) is 0. The van der Waals surface area contributed by atoms with Gasteiger partial charge in [-0.25, -0.2) is 4.79 Å². The smallest absolute Gasteiger partial charge is 0.321 e. The number of allylic oxidation sites excluding steroid dienone is 1. The minimum Gasteiger partial charge on any atom is -0.454 e. The van der Waals surface area contributed by atoms with Crippen LogP contribution in [0.1, 0.15) is 24.0 Å². The van der Waals surface area contributed by atoms with Gasteiger partial charge in [0.15, 0.2) is 11.5 Å². The lowest BCUT2D eigenvalue weighted by molar-refractivity contribution is 0.0759. The summed E-state index contributed by atoms with van der Waals surface area (Å²) in [5.41, 5.74) is 3.28. The van der Waals surface area contributed by atoms with Crippen LogP contribution in [-0.2, 0) is 0 Å². The van der Waals surface area contributed by atoms with Gasteiger partial charge in [0.1, 0.15) is 0 Å². The zero-order valence-electron chi connectivity index (χ0n) is 15.7. The third-order valence-corrected chi connectivity index (χ3v) is 5.72. The Balaban J connectivity index is 1.22. The second-order valence-electron chi connectivity index (χ2n) is 7.48. The summed E-state index contributed by atoms with van der Waals surface area (Å²) in [5, 5.41) is 6.55. The molecule has 2 aromatic carbocycles. The summed E-state index contributed by atoms with van der Waals surface area (Å²) in [6.07, 6.45) is 4.15. The first kappa shape index (κ1) is 17.1. The molecule has 0 radical (unpaired) electrons. The zero-order valence-corrected chi connectivity index (χ0v) is 15.7. The van der Waals surface area contributed by atoms with E-state index >= 15 is 0 Å². The lowest BCUT2D eigenvalue weighted by Crippen LogP contribution is -2.72. The van der Waals surface area contributed by atoms with Crippen LogP contribution in [0.3, 0.4) is 0 Å². The zero-order chi connectivity index (χ0) is 19.1. The van der Waals surface area contributed by atoms with Crippen LogP contribution in [0.2, 0.25) is 0 Å². The van der Waals surface area contributed by atoms with E-state index in [0.717, 1.165) is 5.69 Å². The van der Waals surface area contributed by atoms with Crippen molar-refractivity contribution in [3.8, 4) is 11.5 Å². The number of fused-ring (bicyclic) bond motifs is 3. The molecule has 0 saturated carbocycles. The number of rotatable bonds is 3. The highest BCUT2D eigenvalue weighted by molar-refractivity contribution is 5.90. The quantitative estimate of drug-likeness (QED) is 0.860. The van der Waals surface area contributed by atoms with Crippen molar-refractivity contribution in [1.29, 1.82) is 0 Å². The van der Waals surface area contributed by atoms with Gasteiger partial charge < -0.3 is 25.0 Å². The Morgan fingerprint density at radius 2 is 1.86 bits per heavy atom. The Hall–Kier alpha value is -2.99. The Morgan fingerprint density at radius 3 is 2.61 bits per heavy atom. The van der Waals surface area contributed by atoms with E-state index in [1.807, 2.05) is 30.0 Å². The molecule has 2 amide bonds. The molecule has 2 bridgehead atoms. The van der Waals surface area contributed by atoms with E-state index in [0.29, 0.717) is 42.6 Å². The van der Waals surface area contributed by atoms with Crippen LogP contribution >= 0.6 is 0 Å². The maximum atomic E-state index is 12.7. The molecule has 4 aliphatic rings. The van der Waals surface area contributed by atoms with Crippen molar-refractivity contribution in [2.24, 2.45) is 0 Å². The molecule has 0 aromatic heterocycles. The summed E-state index contributed by atoms with van der Waals surface area (Å²) < 4.78 is 10.7. The molecule has 0 aliphatic carbocycles. The fourth-order valence-corrected chi connectivity index (χ4v) is 4.36. The summed E-state index contributed by atoms with van der Waals surface area (Å²) >= 11 is 0. The number of carbonyl (C=O) groups excluding carboxylic acids is 1. The van der Waals surface area contributed by atoms with E-state index < -0.39 is 0 Å². The largest absolute Gasteiger partial charge is 0.454 e. The third-order valence-electron chi connectivity index (χ3n) is 5.72. The number of nitrogens with one attached hydrogen (secondary N) is 2. The number of hydrogen-bond acceptors (Lipinski definition) is 4. The van der Waals surface area contributed by atoms with E-state index in [1.54, 1.807) is 6.07 Å². The summed E-state index contributed by atoms with van der Waals surface area (Å²) in [5.74, 6) is 1.85. The number of benzene rings is 2. The molecular weight excluding hydrogens is 354 g/mol. The van der Waals surface area contributed by atoms with Crippen molar-refractivity contribution in [1.82, 2.24) is 10.2 Å². The molecule has 3 atom stereocenters. The highest BCUT2D eigenvalue weighted by Gasteiger charge is 2.48. The molecule has 3 fully saturated rings. The van der Waals surface area contributed by atoms with E-state index in [1.165, 1.54) is 11.1 Å². The second-order valence-corrected chi connectivity index (χ2v) is 7.48. The van der Waals surface area contributed by atoms with Crippen molar-refractivity contribution in [3.63, 3.8) is 0 Å². The van der Waals surface area contributed by atoms with Crippen molar-refractivity contribution in [2.75, 3.05) is 25.2 Å². The van der Waals surface area contributed by atoms with Gasteiger partial charge in [-0.3, -0.25) is 0 Å². The first-order valence-corrected chi connectivity index (χ1v) is 9.65. The van der Waals surface area contributed by atoms with Crippen molar-refractivity contribution in [3.05, 3.63) is 59.7 Å². The Kier molecular flexibility index (Phi) is 4.20. The lowest BCUT2D eigenvalue weighted by atomic mass is 9.74. The number of ether oxygens (including phenoxy) is 2. The van der Waals surface area contributed by atoms with E-state index in [2.05, 4.69) is 41.0 Å². The van der Waals surface area contributed by atoms with Gasteiger partial charge in [0, 0.05) is 42.8 Å². The number of carbonyl (C=O) groups is 1. The van der Waals surface area contributed by atoms with Crippen LogP contribution < -0.4 is 20.1 Å². The van der Waals surface area contributed by atoms with Crippen LogP contribution in [0.5, 0.6) is 11.5 Å². The highest BCUT2D eigenvalue weighted by Crippen LogP contribution is 2.38. The van der Waals surface area contributed by atoms with Gasteiger partial charge in [-0.15, -0.1) is 0 Å². The minimum atomic E-state index is -0.0720. The van der Waals surface area contributed by atoms with Crippen LogP contribution in [0.4, 0.5) is 10.5 Å². The fourth-order valence-electron chi connectivity index (χ4n) is 4.36. The molecule has 1 unspecified atom stereocenters. The van der Waals surface area contributed by atoms with Gasteiger partial charge in [0.2, 0.25) is 6.79 Å². The number of anilines is 1. The summed E-state index contributed by atoms with van der Waals surface area (Å²) in [6, 6.07) is 14.7. The van der Waals surface area contributed by atoms with Gasteiger partial charge in [0.05, 0.1) is 0 Å². The molecule has 0 spiro atoms. The van der Waals surface area contributed by atoms with Crippen LogP contribution in [0.25, 0.3) is 6.08 Å². The van der Waals surface area contributed by atoms with Gasteiger partial charge >= 0.3 is 6.03 Å². The topological polar surface area (TPSA) is 62.8 Å². The van der Waals surface area contributed by atoms with E-state index in [9.17, 15) is 4.79 Å². The van der Waals surface area contributed by atoms with Gasteiger partial charge in [-0.2, -0.15) is 0 Å². The SMILES string of the molecule is C/C=C/c1ccc(C2[C@@H]3CN(C(=O)Nc4ccc5c(c4)OCO5)C[C@H]2N3)cc1.